The van der Waals surface area contributed by atoms with Gasteiger partial charge >= 0.3 is 0 Å². The molecule has 23 heavy (non-hydrogen) atoms. The Bertz CT molecular complexity index is 707. The Hall–Kier alpha value is -2.14. The molecule has 2 aliphatic rings. The van der Waals surface area contributed by atoms with Crippen LogP contribution < -0.4 is 0 Å². The van der Waals surface area contributed by atoms with Gasteiger partial charge in [-0.3, -0.25) is 9.89 Å². The van der Waals surface area contributed by atoms with Crippen molar-refractivity contribution in [2.45, 2.75) is 38.3 Å². The van der Waals surface area contributed by atoms with Crippen LogP contribution in [0.3, 0.4) is 0 Å². The van der Waals surface area contributed by atoms with E-state index in [1.54, 1.807) is 0 Å². The van der Waals surface area contributed by atoms with E-state index in [1.807, 2.05) is 23.1 Å². The van der Waals surface area contributed by atoms with Crippen LogP contribution in [0.5, 0.6) is 0 Å². The second kappa shape index (κ2) is 5.81. The first kappa shape index (κ1) is 14.5. The first-order chi connectivity index (χ1) is 11.2. The van der Waals surface area contributed by atoms with Crippen LogP contribution >= 0.6 is 0 Å². The molecule has 1 saturated carbocycles. The summed E-state index contributed by atoms with van der Waals surface area (Å²) in [4.78, 5) is 14.8. The molecule has 1 aliphatic carbocycles. The number of amides is 1. The minimum Gasteiger partial charge on any atom is -0.374 e. The maximum absolute atomic E-state index is 12.8. The zero-order chi connectivity index (χ0) is 15.8. The highest BCUT2D eigenvalue weighted by molar-refractivity contribution is 5.93. The number of morpholine rings is 1. The van der Waals surface area contributed by atoms with Gasteiger partial charge in [0.2, 0.25) is 0 Å². The normalized spacial score (nSPS) is 23.8. The van der Waals surface area contributed by atoms with Crippen molar-refractivity contribution in [1.29, 1.82) is 0 Å². The van der Waals surface area contributed by atoms with Crippen LogP contribution in [0.1, 0.15) is 35.3 Å². The van der Waals surface area contributed by atoms with Gasteiger partial charge in [0.15, 0.2) is 0 Å². The van der Waals surface area contributed by atoms with Gasteiger partial charge in [0.25, 0.3) is 5.91 Å². The van der Waals surface area contributed by atoms with Crippen LogP contribution in [0.4, 0.5) is 0 Å². The Labute approximate surface area is 135 Å². The van der Waals surface area contributed by atoms with Crippen LogP contribution in [0.2, 0.25) is 0 Å². The number of hydrogen-bond donors (Lipinski definition) is 1. The number of aryl methyl sites for hydroxylation is 1. The third-order valence-corrected chi connectivity index (χ3v) is 4.90. The molecule has 2 aromatic rings. The lowest BCUT2D eigenvalue weighted by atomic mass is 10.1. The number of rotatable bonds is 2. The van der Waals surface area contributed by atoms with E-state index in [9.17, 15) is 4.79 Å². The maximum Gasteiger partial charge on any atom is 0.272 e. The third-order valence-electron chi connectivity index (χ3n) is 4.90. The minimum absolute atomic E-state index is 0.0380. The molecule has 5 heteroatoms. The fourth-order valence-corrected chi connectivity index (χ4v) is 3.64. The number of fused-ring (bicyclic) bond motifs is 1. The van der Waals surface area contributed by atoms with E-state index in [0.717, 1.165) is 30.5 Å². The van der Waals surface area contributed by atoms with Gasteiger partial charge < -0.3 is 9.64 Å². The monoisotopic (exact) mass is 311 g/mol. The highest BCUT2D eigenvalue weighted by Gasteiger charge is 2.39. The molecule has 0 spiro atoms. The number of aromatic nitrogens is 2. The van der Waals surface area contributed by atoms with Crippen LogP contribution in [-0.4, -0.2) is 46.3 Å². The smallest absolute Gasteiger partial charge is 0.272 e. The SMILES string of the molecule is Cc1ccc(-c2cc(C(=O)N3CCO[C@@H]4CCC[C@H]43)[nH]n2)cc1. The van der Waals surface area contributed by atoms with Gasteiger partial charge in [-0.25, -0.2) is 0 Å². The van der Waals surface area contributed by atoms with Crippen molar-refractivity contribution in [3.05, 3.63) is 41.6 Å². The molecule has 0 radical (unpaired) electrons. The van der Waals surface area contributed by atoms with E-state index in [1.165, 1.54) is 5.56 Å². The largest absolute Gasteiger partial charge is 0.374 e. The Morgan fingerprint density at radius 1 is 1.30 bits per heavy atom. The minimum atomic E-state index is 0.0380. The fraction of sp³-hybridized carbons (Fsp3) is 0.444. The van der Waals surface area contributed by atoms with Crippen molar-refractivity contribution < 1.29 is 9.53 Å². The topological polar surface area (TPSA) is 58.2 Å². The predicted octanol–water partition coefficient (Wildman–Crippen LogP) is 2.78. The molecule has 4 rings (SSSR count). The predicted molar refractivity (Wildman–Crippen MR) is 87.2 cm³/mol. The molecular weight excluding hydrogens is 290 g/mol. The first-order valence-electron chi connectivity index (χ1n) is 8.27. The van der Waals surface area contributed by atoms with Crippen LogP contribution in [-0.2, 0) is 4.74 Å². The number of nitrogens with zero attached hydrogens (tertiary/aromatic N) is 2. The zero-order valence-electron chi connectivity index (χ0n) is 13.3. The molecule has 1 N–H and O–H groups in total. The van der Waals surface area contributed by atoms with E-state index in [4.69, 9.17) is 4.74 Å². The lowest BCUT2D eigenvalue weighted by molar-refractivity contribution is -0.0447. The lowest BCUT2D eigenvalue weighted by Crippen LogP contribution is -2.51. The van der Waals surface area contributed by atoms with E-state index in [-0.39, 0.29) is 18.1 Å². The molecule has 5 nitrogen and oxygen atoms in total. The summed E-state index contributed by atoms with van der Waals surface area (Å²) in [7, 11) is 0. The number of nitrogens with one attached hydrogen (secondary N) is 1. The van der Waals surface area contributed by atoms with Crippen molar-refractivity contribution in [2.75, 3.05) is 13.2 Å². The number of aromatic amines is 1. The summed E-state index contributed by atoms with van der Waals surface area (Å²) in [5, 5.41) is 7.23. The van der Waals surface area contributed by atoms with E-state index in [0.29, 0.717) is 18.8 Å². The summed E-state index contributed by atoms with van der Waals surface area (Å²) < 4.78 is 5.78. The van der Waals surface area contributed by atoms with Gasteiger partial charge in [-0.1, -0.05) is 29.8 Å². The molecule has 2 atom stereocenters. The summed E-state index contributed by atoms with van der Waals surface area (Å²) in [6, 6.07) is 10.2. The molecule has 1 aromatic heterocycles. The summed E-state index contributed by atoms with van der Waals surface area (Å²) in [6.45, 7) is 3.35. The standard InChI is InChI=1S/C18H21N3O2/c1-12-5-7-13(8-6-12)14-11-15(20-19-14)18(22)21-9-10-23-17-4-2-3-16(17)21/h5-8,11,16-17H,2-4,9-10H2,1H3,(H,19,20)/t16-,17-/m1/s1. The number of benzene rings is 1. The van der Waals surface area contributed by atoms with Gasteiger partial charge in [0.1, 0.15) is 5.69 Å². The molecule has 2 heterocycles. The van der Waals surface area contributed by atoms with Crippen molar-refractivity contribution in [3.63, 3.8) is 0 Å². The number of ether oxygens (including phenoxy) is 1. The summed E-state index contributed by atoms with van der Waals surface area (Å²) in [5.41, 5.74) is 3.60. The second-order valence-corrected chi connectivity index (χ2v) is 6.44. The van der Waals surface area contributed by atoms with Crippen LogP contribution in [0, 0.1) is 6.92 Å². The molecule has 0 bridgehead atoms. The second-order valence-electron chi connectivity index (χ2n) is 6.44. The number of hydrogen-bond acceptors (Lipinski definition) is 3. The van der Waals surface area contributed by atoms with Gasteiger partial charge in [-0.05, 0) is 32.3 Å². The number of carbonyl (C=O) groups is 1. The zero-order valence-corrected chi connectivity index (χ0v) is 13.3. The van der Waals surface area contributed by atoms with Gasteiger partial charge in [0.05, 0.1) is 24.4 Å². The Kier molecular flexibility index (Phi) is 3.65. The Morgan fingerprint density at radius 2 is 2.13 bits per heavy atom. The quantitative estimate of drug-likeness (QED) is 0.928. The van der Waals surface area contributed by atoms with E-state index < -0.39 is 0 Å². The summed E-state index contributed by atoms with van der Waals surface area (Å²) in [6.07, 6.45) is 3.45. The fourth-order valence-electron chi connectivity index (χ4n) is 3.64. The van der Waals surface area contributed by atoms with Crippen LogP contribution in [0.25, 0.3) is 11.3 Å². The van der Waals surface area contributed by atoms with Crippen LogP contribution in [0.15, 0.2) is 30.3 Å². The lowest BCUT2D eigenvalue weighted by Gasteiger charge is -2.37. The molecule has 120 valence electrons. The molecule has 1 aromatic carbocycles. The average Bonchev–Trinajstić information content (AvgIpc) is 3.23. The molecule has 1 saturated heterocycles. The molecule has 1 amide bonds. The number of carbonyl (C=O) groups excluding carboxylic acids is 1. The van der Waals surface area contributed by atoms with Crippen molar-refractivity contribution >= 4 is 5.91 Å². The molecule has 0 unspecified atom stereocenters. The number of H-pyrrole nitrogens is 1. The van der Waals surface area contributed by atoms with E-state index in [2.05, 4.69) is 29.3 Å². The third kappa shape index (κ3) is 2.65. The Balaban J connectivity index is 1.56. The summed E-state index contributed by atoms with van der Waals surface area (Å²) in [5.74, 6) is 0.0380. The van der Waals surface area contributed by atoms with Crippen molar-refractivity contribution in [1.82, 2.24) is 15.1 Å². The molecule has 2 fully saturated rings. The maximum atomic E-state index is 12.8. The van der Waals surface area contributed by atoms with Crippen molar-refractivity contribution in [2.24, 2.45) is 0 Å². The van der Waals surface area contributed by atoms with Crippen molar-refractivity contribution in [3.8, 4) is 11.3 Å². The van der Waals surface area contributed by atoms with Gasteiger partial charge in [0, 0.05) is 12.1 Å². The first-order valence-corrected chi connectivity index (χ1v) is 8.27. The van der Waals surface area contributed by atoms with Gasteiger partial charge in [-0.2, -0.15) is 5.10 Å². The van der Waals surface area contributed by atoms with E-state index >= 15 is 0 Å². The van der Waals surface area contributed by atoms with Gasteiger partial charge in [-0.15, -0.1) is 0 Å². The highest BCUT2D eigenvalue weighted by atomic mass is 16.5. The average molecular weight is 311 g/mol. The summed E-state index contributed by atoms with van der Waals surface area (Å²) >= 11 is 0. The molecule has 1 aliphatic heterocycles. The molecular formula is C18H21N3O2. The Morgan fingerprint density at radius 3 is 2.96 bits per heavy atom. The highest BCUT2D eigenvalue weighted by Crippen LogP contribution is 2.30.